The Balaban J connectivity index is 2.13. The lowest BCUT2D eigenvalue weighted by molar-refractivity contribution is -0.141. The lowest BCUT2D eigenvalue weighted by Gasteiger charge is -2.12. The van der Waals surface area contributed by atoms with E-state index in [-0.39, 0.29) is 24.3 Å². The molecule has 0 aliphatic heterocycles. The summed E-state index contributed by atoms with van der Waals surface area (Å²) in [5.41, 5.74) is 1.00. The number of hydrogen-bond donors (Lipinski definition) is 1. The summed E-state index contributed by atoms with van der Waals surface area (Å²) in [6, 6.07) is 8.56. The molecule has 116 valence electrons. The molecule has 0 aliphatic carbocycles. The highest BCUT2D eigenvalue weighted by atomic mass is 16.5. The number of nitrogens with one attached hydrogen (secondary N) is 1. The van der Waals surface area contributed by atoms with Crippen molar-refractivity contribution in [2.24, 2.45) is 0 Å². The van der Waals surface area contributed by atoms with Crippen LogP contribution >= 0.6 is 0 Å². The number of pyridine rings is 1. The van der Waals surface area contributed by atoms with Crippen LogP contribution in [0.25, 0.3) is 10.9 Å². The summed E-state index contributed by atoms with van der Waals surface area (Å²) in [7, 11) is 2.91. The van der Waals surface area contributed by atoms with Crippen molar-refractivity contribution in [2.75, 3.05) is 14.2 Å². The van der Waals surface area contributed by atoms with Gasteiger partial charge in [0.05, 0.1) is 26.2 Å². The number of aromatic nitrogens is 1. The molecule has 2 rings (SSSR count). The molecule has 0 saturated carbocycles. The molecule has 0 saturated heterocycles. The van der Waals surface area contributed by atoms with Crippen molar-refractivity contribution in [1.82, 2.24) is 10.3 Å². The third-order valence-electron chi connectivity index (χ3n) is 3.21. The number of amides is 1. The van der Waals surface area contributed by atoms with E-state index in [9.17, 15) is 9.59 Å². The van der Waals surface area contributed by atoms with Crippen molar-refractivity contribution in [3.05, 3.63) is 36.0 Å². The highest BCUT2D eigenvalue weighted by Gasteiger charge is 2.14. The van der Waals surface area contributed by atoms with Gasteiger partial charge in [-0.25, -0.2) is 4.98 Å². The van der Waals surface area contributed by atoms with Gasteiger partial charge in [0.1, 0.15) is 11.4 Å². The molecule has 6 heteroatoms. The van der Waals surface area contributed by atoms with Crippen molar-refractivity contribution < 1.29 is 19.1 Å². The van der Waals surface area contributed by atoms with Crippen molar-refractivity contribution in [1.29, 1.82) is 0 Å². The van der Waals surface area contributed by atoms with Gasteiger partial charge in [-0.2, -0.15) is 0 Å². The quantitative estimate of drug-likeness (QED) is 0.854. The average molecular weight is 302 g/mol. The fraction of sp³-hybridized carbons (Fsp3) is 0.312. The van der Waals surface area contributed by atoms with Gasteiger partial charge in [0.15, 0.2) is 0 Å². The molecule has 1 N–H and O–H groups in total. The zero-order valence-electron chi connectivity index (χ0n) is 12.8. The summed E-state index contributed by atoms with van der Waals surface area (Å²) in [6.45, 7) is 1.74. The van der Waals surface area contributed by atoms with E-state index >= 15 is 0 Å². The minimum Gasteiger partial charge on any atom is -0.497 e. The van der Waals surface area contributed by atoms with Crippen LogP contribution in [0, 0.1) is 0 Å². The molecule has 6 nitrogen and oxygen atoms in total. The standard InChI is InChI=1S/C16H18N2O4/c1-10(8-15(19)22-3)17-16(20)14-6-4-11-9-12(21-2)5-7-13(11)18-14/h4-7,9-10H,8H2,1-3H3,(H,17,20). The zero-order chi connectivity index (χ0) is 16.1. The molecule has 1 amide bonds. The number of ether oxygens (including phenoxy) is 2. The van der Waals surface area contributed by atoms with Crippen LogP contribution in [0.4, 0.5) is 0 Å². The monoisotopic (exact) mass is 302 g/mol. The number of benzene rings is 1. The molecule has 0 fully saturated rings. The molecule has 1 aromatic heterocycles. The average Bonchev–Trinajstić information content (AvgIpc) is 2.53. The lowest BCUT2D eigenvalue weighted by Crippen LogP contribution is -2.34. The molecule has 1 unspecified atom stereocenters. The van der Waals surface area contributed by atoms with E-state index in [2.05, 4.69) is 15.0 Å². The maximum Gasteiger partial charge on any atom is 0.307 e. The lowest BCUT2D eigenvalue weighted by atomic mass is 10.2. The Bertz CT molecular complexity index is 700. The molecule has 1 atom stereocenters. The first kappa shape index (κ1) is 15.8. The summed E-state index contributed by atoms with van der Waals surface area (Å²) >= 11 is 0. The van der Waals surface area contributed by atoms with E-state index in [0.717, 1.165) is 11.1 Å². The van der Waals surface area contributed by atoms with E-state index in [4.69, 9.17) is 4.74 Å². The molecule has 0 spiro atoms. The molecule has 22 heavy (non-hydrogen) atoms. The van der Waals surface area contributed by atoms with E-state index < -0.39 is 0 Å². The van der Waals surface area contributed by atoms with Crippen LogP contribution in [-0.4, -0.2) is 37.1 Å². The fourth-order valence-corrected chi connectivity index (χ4v) is 2.04. The number of hydrogen-bond acceptors (Lipinski definition) is 5. The number of carbonyl (C=O) groups is 2. The summed E-state index contributed by atoms with van der Waals surface area (Å²) in [5, 5.41) is 3.61. The van der Waals surface area contributed by atoms with Gasteiger partial charge in [-0.3, -0.25) is 9.59 Å². The van der Waals surface area contributed by atoms with Gasteiger partial charge in [-0.15, -0.1) is 0 Å². The second kappa shape index (κ2) is 6.89. The normalized spacial score (nSPS) is 11.8. The van der Waals surface area contributed by atoms with Crippen molar-refractivity contribution in [3.8, 4) is 5.75 Å². The maximum absolute atomic E-state index is 12.1. The van der Waals surface area contributed by atoms with Crippen LogP contribution in [0.5, 0.6) is 5.75 Å². The summed E-state index contributed by atoms with van der Waals surface area (Å²) < 4.78 is 9.72. The van der Waals surface area contributed by atoms with Crippen LogP contribution < -0.4 is 10.1 Å². The predicted molar refractivity (Wildman–Crippen MR) is 81.9 cm³/mol. The van der Waals surface area contributed by atoms with Gasteiger partial charge in [-0.05, 0) is 31.2 Å². The van der Waals surface area contributed by atoms with Crippen molar-refractivity contribution in [3.63, 3.8) is 0 Å². The number of carbonyl (C=O) groups excluding carboxylic acids is 2. The number of nitrogens with zero attached hydrogens (tertiary/aromatic N) is 1. The maximum atomic E-state index is 12.1. The molecule has 0 radical (unpaired) electrons. The fourth-order valence-electron chi connectivity index (χ4n) is 2.04. The zero-order valence-corrected chi connectivity index (χ0v) is 12.8. The minimum atomic E-state index is -0.369. The van der Waals surface area contributed by atoms with Crippen LogP contribution in [0.15, 0.2) is 30.3 Å². The molecule has 1 heterocycles. The van der Waals surface area contributed by atoms with Crippen molar-refractivity contribution >= 4 is 22.8 Å². The number of fused-ring (bicyclic) bond motifs is 1. The molecule has 0 bridgehead atoms. The molecular formula is C16H18N2O4. The second-order valence-corrected chi connectivity index (χ2v) is 4.91. The van der Waals surface area contributed by atoms with Crippen LogP contribution in [0.2, 0.25) is 0 Å². The highest BCUT2D eigenvalue weighted by Crippen LogP contribution is 2.19. The smallest absolute Gasteiger partial charge is 0.307 e. The van der Waals surface area contributed by atoms with Crippen LogP contribution in [-0.2, 0) is 9.53 Å². The third kappa shape index (κ3) is 3.72. The number of rotatable bonds is 5. The highest BCUT2D eigenvalue weighted by molar-refractivity contribution is 5.95. The predicted octanol–water partition coefficient (Wildman–Crippen LogP) is 1.92. The minimum absolute atomic E-state index is 0.118. The summed E-state index contributed by atoms with van der Waals surface area (Å²) in [6.07, 6.45) is 0.118. The van der Waals surface area contributed by atoms with Gasteiger partial charge in [0.25, 0.3) is 5.91 Å². The summed E-state index contributed by atoms with van der Waals surface area (Å²) in [5.74, 6) is 0.0405. The van der Waals surface area contributed by atoms with E-state index in [0.29, 0.717) is 11.2 Å². The second-order valence-electron chi connectivity index (χ2n) is 4.91. The first-order chi connectivity index (χ1) is 10.5. The number of esters is 1. The van der Waals surface area contributed by atoms with Crippen LogP contribution in [0.1, 0.15) is 23.8 Å². The first-order valence-electron chi connectivity index (χ1n) is 6.86. The number of methoxy groups -OCH3 is 2. The van der Waals surface area contributed by atoms with Gasteiger partial charge >= 0.3 is 5.97 Å². The van der Waals surface area contributed by atoms with Gasteiger partial charge in [-0.1, -0.05) is 6.07 Å². The molecule has 2 aromatic rings. The van der Waals surface area contributed by atoms with Gasteiger partial charge in [0.2, 0.25) is 0 Å². The third-order valence-corrected chi connectivity index (χ3v) is 3.21. The topological polar surface area (TPSA) is 77.5 Å². The van der Waals surface area contributed by atoms with Crippen LogP contribution in [0.3, 0.4) is 0 Å². The SMILES string of the molecule is COC(=O)CC(C)NC(=O)c1ccc2cc(OC)ccc2n1. The molecule has 1 aromatic carbocycles. The van der Waals surface area contributed by atoms with E-state index in [1.165, 1.54) is 7.11 Å². The first-order valence-corrected chi connectivity index (χ1v) is 6.86. The van der Waals surface area contributed by atoms with E-state index in [1.54, 1.807) is 32.2 Å². The molecular weight excluding hydrogens is 284 g/mol. The Hall–Kier alpha value is -2.63. The van der Waals surface area contributed by atoms with E-state index in [1.807, 2.05) is 12.1 Å². The Morgan fingerprint density at radius 1 is 1.23 bits per heavy atom. The molecule has 0 aliphatic rings. The largest absolute Gasteiger partial charge is 0.497 e. The Labute approximate surface area is 128 Å². The van der Waals surface area contributed by atoms with Gasteiger partial charge < -0.3 is 14.8 Å². The summed E-state index contributed by atoms with van der Waals surface area (Å²) in [4.78, 5) is 27.6. The van der Waals surface area contributed by atoms with Crippen molar-refractivity contribution in [2.45, 2.75) is 19.4 Å². The van der Waals surface area contributed by atoms with Gasteiger partial charge in [0, 0.05) is 11.4 Å². The Morgan fingerprint density at radius 2 is 2.00 bits per heavy atom. The Kier molecular flexibility index (Phi) is 4.93. The Morgan fingerprint density at radius 3 is 2.68 bits per heavy atom.